The summed E-state index contributed by atoms with van der Waals surface area (Å²) in [5, 5.41) is 3.57. The van der Waals surface area contributed by atoms with Gasteiger partial charge in [0.1, 0.15) is 0 Å². The highest BCUT2D eigenvalue weighted by Gasteiger charge is 2.23. The second-order valence-corrected chi connectivity index (χ2v) is 5.63. The summed E-state index contributed by atoms with van der Waals surface area (Å²) in [6.07, 6.45) is 6.34. The Balaban J connectivity index is 2.31. The van der Waals surface area contributed by atoms with E-state index in [1.807, 2.05) is 0 Å². The van der Waals surface area contributed by atoms with Crippen LogP contribution in [0, 0.1) is 0 Å². The van der Waals surface area contributed by atoms with Crippen LogP contribution in [0.3, 0.4) is 0 Å². The second kappa shape index (κ2) is 7.34. The largest absolute Gasteiger partial charge is 0.379 e. The molecule has 1 aliphatic heterocycles. The molecule has 3 nitrogen and oxygen atoms in total. The highest BCUT2D eigenvalue weighted by atomic mass is 16.5. The fourth-order valence-electron chi connectivity index (χ4n) is 2.36. The lowest BCUT2D eigenvalue weighted by atomic mass is 9.95. The van der Waals surface area contributed by atoms with Gasteiger partial charge in [-0.05, 0) is 52.5 Å². The molecule has 0 radical (unpaired) electrons. The van der Waals surface area contributed by atoms with Crippen LogP contribution in [0.4, 0.5) is 0 Å². The highest BCUT2D eigenvalue weighted by Crippen LogP contribution is 2.22. The summed E-state index contributed by atoms with van der Waals surface area (Å²) < 4.78 is 11.2. The average molecular weight is 243 g/mol. The predicted molar refractivity (Wildman–Crippen MR) is 71.4 cm³/mol. The van der Waals surface area contributed by atoms with Gasteiger partial charge in [-0.25, -0.2) is 0 Å². The van der Waals surface area contributed by atoms with E-state index in [0.29, 0.717) is 12.1 Å². The Hall–Kier alpha value is -0.120. The van der Waals surface area contributed by atoms with E-state index in [9.17, 15) is 0 Å². The van der Waals surface area contributed by atoms with Gasteiger partial charge in [0.05, 0.1) is 11.7 Å². The summed E-state index contributed by atoms with van der Waals surface area (Å²) in [7, 11) is 1.79. The van der Waals surface area contributed by atoms with E-state index < -0.39 is 0 Å². The van der Waals surface area contributed by atoms with Crippen molar-refractivity contribution in [1.29, 1.82) is 0 Å². The molecule has 1 N–H and O–H groups in total. The number of rotatable bonds is 8. The van der Waals surface area contributed by atoms with Crippen molar-refractivity contribution in [3.63, 3.8) is 0 Å². The third kappa shape index (κ3) is 5.84. The quantitative estimate of drug-likeness (QED) is 0.711. The van der Waals surface area contributed by atoms with Crippen LogP contribution >= 0.6 is 0 Å². The minimum atomic E-state index is -0.00972. The average Bonchev–Trinajstić information content (AvgIpc) is 2.79. The van der Waals surface area contributed by atoms with Crippen molar-refractivity contribution in [2.75, 3.05) is 20.3 Å². The molecule has 1 fully saturated rings. The van der Waals surface area contributed by atoms with Gasteiger partial charge in [0.25, 0.3) is 0 Å². The van der Waals surface area contributed by atoms with Crippen LogP contribution in [0.15, 0.2) is 0 Å². The summed E-state index contributed by atoms with van der Waals surface area (Å²) in [5.41, 5.74) is -0.00972. The van der Waals surface area contributed by atoms with Gasteiger partial charge in [-0.2, -0.15) is 0 Å². The lowest BCUT2D eigenvalue weighted by Crippen LogP contribution is -2.35. The minimum absolute atomic E-state index is 0.00972. The standard InChI is InChI=1S/C14H29NO2/c1-5-15-12(8-9-14(2,3)16-4)11-13-7-6-10-17-13/h12-13,15H,5-11H2,1-4H3. The molecule has 0 aliphatic carbocycles. The molecule has 2 unspecified atom stereocenters. The van der Waals surface area contributed by atoms with Gasteiger partial charge in [0, 0.05) is 19.8 Å². The molecule has 0 bridgehead atoms. The van der Waals surface area contributed by atoms with Crippen molar-refractivity contribution >= 4 is 0 Å². The van der Waals surface area contributed by atoms with Crippen LogP contribution in [-0.4, -0.2) is 38.0 Å². The van der Waals surface area contributed by atoms with Crippen molar-refractivity contribution in [2.45, 2.75) is 70.6 Å². The molecule has 2 atom stereocenters. The topological polar surface area (TPSA) is 30.5 Å². The number of hydrogen-bond acceptors (Lipinski definition) is 3. The zero-order chi connectivity index (χ0) is 12.7. The highest BCUT2D eigenvalue weighted by molar-refractivity contribution is 4.78. The van der Waals surface area contributed by atoms with E-state index in [2.05, 4.69) is 26.1 Å². The van der Waals surface area contributed by atoms with Gasteiger partial charge in [0.15, 0.2) is 0 Å². The molecular weight excluding hydrogens is 214 g/mol. The molecule has 17 heavy (non-hydrogen) atoms. The maximum Gasteiger partial charge on any atom is 0.0623 e. The van der Waals surface area contributed by atoms with Gasteiger partial charge < -0.3 is 14.8 Å². The number of hydrogen-bond donors (Lipinski definition) is 1. The number of ether oxygens (including phenoxy) is 2. The summed E-state index contributed by atoms with van der Waals surface area (Å²) in [6, 6.07) is 0.567. The first kappa shape index (κ1) is 14.9. The Labute approximate surface area is 106 Å². The van der Waals surface area contributed by atoms with E-state index in [4.69, 9.17) is 9.47 Å². The Morgan fingerprint density at radius 3 is 2.76 bits per heavy atom. The van der Waals surface area contributed by atoms with E-state index in [1.54, 1.807) is 7.11 Å². The first-order valence-electron chi connectivity index (χ1n) is 6.97. The van der Waals surface area contributed by atoms with Crippen LogP contribution in [0.25, 0.3) is 0 Å². The summed E-state index contributed by atoms with van der Waals surface area (Å²) in [6.45, 7) is 8.46. The maximum absolute atomic E-state index is 5.72. The van der Waals surface area contributed by atoms with Crippen molar-refractivity contribution in [3.8, 4) is 0 Å². The van der Waals surface area contributed by atoms with E-state index in [1.165, 1.54) is 12.8 Å². The van der Waals surface area contributed by atoms with Crippen molar-refractivity contribution in [3.05, 3.63) is 0 Å². The van der Waals surface area contributed by atoms with Crippen molar-refractivity contribution in [2.24, 2.45) is 0 Å². The Kier molecular flexibility index (Phi) is 6.45. The maximum atomic E-state index is 5.72. The molecular formula is C14H29NO2. The van der Waals surface area contributed by atoms with Gasteiger partial charge in [-0.1, -0.05) is 6.92 Å². The molecule has 1 saturated heterocycles. The van der Waals surface area contributed by atoms with E-state index in [-0.39, 0.29) is 5.60 Å². The smallest absolute Gasteiger partial charge is 0.0623 e. The fraction of sp³-hybridized carbons (Fsp3) is 1.00. The minimum Gasteiger partial charge on any atom is -0.379 e. The summed E-state index contributed by atoms with van der Waals surface area (Å²) in [4.78, 5) is 0. The molecule has 3 heteroatoms. The van der Waals surface area contributed by atoms with Crippen molar-refractivity contribution in [1.82, 2.24) is 5.32 Å². The lowest BCUT2D eigenvalue weighted by molar-refractivity contribution is 0.00963. The molecule has 0 aromatic heterocycles. The van der Waals surface area contributed by atoms with Crippen LogP contribution in [0.5, 0.6) is 0 Å². The monoisotopic (exact) mass is 243 g/mol. The molecule has 1 aliphatic rings. The van der Waals surface area contributed by atoms with Crippen LogP contribution in [-0.2, 0) is 9.47 Å². The fourth-order valence-corrected chi connectivity index (χ4v) is 2.36. The Morgan fingerprint density at radius 1 is 1.47 bits per heavy atom. The van der Waals surface area contributed by atoms with E-state index >= 15 is 0 Å². The van der Waals surface area contributed by atoms with Gasteiger partial charge in [0.2, 0.25) is 0 Å². The SMILES string of the molecule is CCNC(CCC(C)(C)OC)CC1CCCO1. The lowest BCUT2D eigenvalue weighted by Gasteiger charge is -2.27. The molecule has 0 aromatic rings. The molecule has 0 aromatic carbocycles. The zero-order valence-corrected chi connectivity index (χ0v) is 11.9. The Bertz CT molecular complexity index is 200. The molecule has 0 amide bonds. The molecule has 1 heterocycles. The predicted octanol–water partition coefficient (Wildman–Crippen LogP) is 2.74. The third-order valence-corrected chi connectivity index (χ3v) is 3.71. The van der Waals surface area contributed by atoms with Gasteiger partial charge in [-0.15, -0.1) is 0 Å². The normalized spacial score (nSPS) is 22.9. The van der Waals surface area contributed by atoms with Crippen molar-refractivity contribution < 1.29 is 9.47 Å². The zero-order valence-electron chi connectivity index (χ0n) is 11.9. The van der Waals surface area contributed by atoms with Crippen LogP contribution in [0.1, 0.15) is 52.9 Å². The van der Waals surface area contributed by atoms with Crippen LogP contribution in [0.2, 0.25) is 0 Å². The van der Waals surface area contributed by atoms with E-state index in [0.717, 1.165) is 32.4 Å². The first-order valence-corrected chi connectivity index (χ1v) is 6.97. The van der Waals surface area contributed by atoms with Crippen LogP contribution < -0.4 is 5.32 Å². The second-order valence-electron chi connectivity index (χ2n) is 5.63. The number of methoxy groups -OCH3 is 1. The third-order valence-electron chi connectivity index (χ3n) is 3.71. The molecule has 1 rings (SSSR count). The van der Waals surface area contributed by atoms with Gasteiger partial charge in [-0.3, -0.25) is 0 Å². The molecule has 102 valence electrons. The summed E-state index contributed by atoms with van der Waals surface area (Å²) in [5.74, 6) is 0. The molecule has 0 saturated carbocycles. The molecule has 0 spiro atoms. The van der Waals surface area contributed by atoms with Gasteiger partial charge >= 0.3 is 0 Å². The first-order chi connectivity index (χ1) is 8.07. The number of nitrogens with one attached hydrogen (secondary N) is 1. The Morgan fingerprint density at radius 2 is 2.24 bits per heavy atom. The summed E-state index contributed by atoms with van der Waals surface area (Å²) >= 11 is 0.